The molecular weight excluding hydrogens is 240 g/mol. The number of fused-ring (bicyclic) bond motifs is 1. The van der Waals surface area contributed by atoms with E-state index in [2.05, 4.69) is 15.3 Å². The van der Waals surface area contributed by atoms with E-state index in [1.807, 2.05) is 4.90 Å². The fourth-order valence-electron chi connectivity index (χ4n) is 3.19. The van der Waals surface area contributed by atoms with Gasteiger partial charge in [0.15, 0.2) is 0 Å². The van der Waals surface area contributed by atoms with Crippen LogP contribution in [0.15, 0.2) is 18.7 Å². The average Bonchev–Trinajstić information content (AvgIpc) is 2.72. The topological polar surface area (TPSA) is 58.1 Å². The largest absolute Gasteiger partial charge is 0.338 e. The highest BCUT2D eigenvalue weighted by molar-refractivity contribution is 5.93. The Kier molecular flexibility index (Phi) is 3.73. The first kappa shape index (κ1) is 12.5. The molecule has 3 rings (SSSR count). The number of likely N-dealkylation sites (tertiary alicyclic amines) is 1. The first-order valence-electron chi connectivity index (χ1n) is 7.12. The molecule has 0 bridgehead atoms. The fourth-order valence-corrected chi connectivity index (χ4v) is 3.19. The minimum Gasteiger partial charge on any atom is -0.338 e. The summed E-state index contributed by atoms with van der Waals surface area (Å²) in [5.41, 5.74) is 0.600. The first-order chi connectivity index (χ1) is 9.34. The maximum Gasteiger partial charge on any atom is 0.257 e. The molecule has 2 atom stereocenters. The van der Waals surface area contributed by atoms with Crippen molar-refractivity contribution in [1.29, 1.82) is 0 Å². The molecule has 1 amide bonds. The van der Waals surface area contributed by atoms with Gasteiger partial charge in [0.25, 0.3) is 5.91 Å². The summed E-state index contributed by atoms with van der Waals surface area (Å²) in [4.78, 5) is 22.2. The molecule has 1 aromatic rings. The molecule has 1 N–H and O–H groups in total. The molecule has 2 aliphatic rings. The minimum atomic E-state index is 0.0725. The zero-order valence-corrected chi connectivity index (χ0v) is 11.1. The van der Waals surface area contributed by atoms with Gasteiger partial charge in [-0.1, -0.05) is 6.42 Å². The fraction of sp³-hybridized carbons (Fsp3) is 0.643. The van der Waals surface area contributed by atoms with Crippen molar-refractivity contribution in [3.8, 4) is 0 Å². The highest BCUT2D eigenvalue weighted by Gasteiger charge is 2.32. The van der Waals surface area contributed by atoms with E-state index in [0.717, 1.165) is 26.1 Å². The van der Waals surface area contributed by atoms with Crippen molar-refractivity contribution in [2.24, 2.45) is 5.92 Å². The average molecular weight is 260 g/mol. The number of rotatable bonds is 1. The summed E-state index contributed by atoms with van der Waals surface area (Å²) in [5.74, 6) is 0.674. The number of nitrogens with zero attached hydrogens (tertiary/aromatic N) is 3. The Bertz CT molecular complexity index is 436. The zero-order valence-electron chi connectivity index (χ0n) is 11.1. The van der Waals surface area contributed by atoms with E-state index in [9.17, 15) is 4.79 Å². The van der Waals surface area contributed by atoms with Crippen LogP contribution in [-0.2, 0) is 0 Å². The summed E-state index contributed by atoms with van der Waals surface area (Å²) in [6, 6.07) is 0.596. The van der Waals surface area contributed by atoms with Crippen LogP contribution >= 0.6 is 0 Å². The van der Waals surface area contributed by atoms with E-state index in [1.165, 1.54) is 25.6 Å². The lowest BCUT2D eigenvalue weighted by Gasteiger charge is -2.38. The summed E-state index contributed by atoms with van der Waals surface area (Å²) in [5, 5.41) is 3.62. The van der Waals surface area contributed by atoms with Gasteiger partial charge in [0.05, 0.1) is 5.56 Å². The Hall–Kier alpha value is -1.49. The summed E-state index contributed by atoms with van der Waals surface area (Å²) < 4.78 is 0. The zero-order chi connectivity index (χ0) is 13.1. The van der Waals surface area contributed by atoms with E-state index in [1.54, 1.807) is 12.4 Å². The van der Waals surface area contributed by atoms with Gasteiger partial charge in [0.1, 0.15) is 6.33 Å². The molecule has 0 saturated carbocycles. The van der Waals surface area contributed by atoms with Gasteiger partial charge in [-0.3, -0.25) is 4.79 Å². The van der Waals surface area contributed by atoms with Gasteiger partial charge in [0.2, 0.25) is 0 Å². The van der Waals surface area contributed by atoms with Crippen LogP contribution in [0.1, 0.15) is 36.0 Å². The van der Waals surface area contributed by atoms with Crippen LogP contribution in [0.5, 0.6) is 0 Å². The lowest BCUT2D eigenvalue weighted by Crippen LogP contribution is -2.50. The standard InChI is InChI=1S/C14H20N4O/c19-14(12-7-15-10-16-8-12)18-6-4-13-11(9-18)3-1-2-5-17-13/h7-8,10-11,13,17H,1-6,9H2/t11-,13-/m1/s1. The molecule has 1 aromatic heterocycles. The Balaban J connectivity index is 1.68. The molecule has 0 spiro atoms. The maximum absolute atomic E-state index is 12.4. The molecule has 0 unspecified atom stereocenters. The second kappa shape index (κ2) is 5.65. The van der Waals surface area contributed by atoms with Crippen LogP contribution in [0.2, 0.25) is 0 Å². The third-order valence-electron chi connectivity index (χ3n) is 4.24. The van der Waals surface area contributed by atoms with E-state index < -0.39 is 0 Å². The number of carbonyl (C=O) groups excluding carboxylic acids is 1. The monoisotopic (exact) mass is 260 g/mol. The van der Waals surface area contributed by atoms with Gasteiger partial charge in [-0.2, -0.15) is 0 Å². The number of hydrogen-bond donors (Lipinski definition) is 1. The lowest BCUT2D eigenvalue weighted by atomic mass is 9.89. The molecule has 2 saturated heterocycles. The number of amides is 1. The molecule has 102 valence electrons. The lowest BCUT2D eigenvalue weighted by molar-refractivity contribution is 0.0630. The Morgan fingerprint density at radius 1 is 1.26 bits per heavy atom. The number of hydrogen-bond acceptors (Lipinski definition) is 4. The smallest absolute Gasteiger partial charge is 0.257 e. The number of nitrogens with one attached hydrogen (secondary N) is 1. The van der Waals surface area contributed by atoms with Crippen molar-refractivity contribution in [2.45, 2.75) is 31.7 Å². The van der Waals surface area contributed by atoms with E-state index >= 15 is 0 Å². The van der Waals surface area contributed by atoms with Crippen LogP contribution in [0.4, 0.5) is 0 Å². The molecule has 0 aliphatic carbocycles. The summed E-state index contributed by atoms with van der Waals surface area (Å²) in [6.07, 6.45) is 9.48. The van der Waals surface area contributed by atoms with E-state index in [-0.39, 0.29) is 5.91 Å². The van der Waals surface area contributed by atoms with E-state index in [0.29, 0.717) is 17.5 Å². The maximum atomic E-state index is 12.4. The molecule has 0 aromatic carbocycles. The van der Waals surface area contributed by atoms with Crippen molar-refractivity contribution in [3.05, 3.63) is 24.3 Å². The third kappa shape index (κ3) is 2.76. The molecule has 3 heterocycles. The highest BCUT2D eigenvalue weighted by atomic mass is 16.2. The second-order valence-electron chi connectivity index (χ2n) is 5.48. The highest BCUT2D eigenvalue weighted by Crippen LogP contribution is 2.25. The van der Waals surface area contributed by atoms with Crippen LogP contribution in [0.25, 0.3) is 0 Å². The normalized spacial score (nSPS) is 27.5. The minimum absolute atomic E-state index is 0.0725. The van der Waals surface area contributed by atoms with Crippen LogP contribution < -0.4 is 5.32 Å². The summed E-state index contributed by atoms with van der Waals surface area (Å²) in [7, 11) is 0. The number of piperidine rings is 1. The molecule has 19 heavy (non-hydrogen) atoms. The van der Waals surface area contributed by atoms with Crippen LogP contribution in [-0.4, -0.2) is 46.5 Å². The van der Waals surface area contributed by atoms with Crippen molar-refractivity contribution in [2.75, 3.05) is 19.6 Å². The summed E-state index contributed by atoms with van der Waals surface area (Å²) >= 11 is 0. The SMILES string of the molecule is O=C(c1cncnc1)N1CC[C@H]2NCCCC[C@@H]2C1. The van der Waals surface area contributed by atoms with Crippen molar-refractivity contribution in [3.63, 3.8) is 0 Å². The van der Waals surface area contributed by atoms with Crippen molar-refractivity contribution < 1.29 is 4.79 Å². The summed E-state index contributed by atoms with van der Waals surface area (Å²) in [6.45, 7) is 2.83. The van der Waals surface area contributed by atoms with Crippen LogP contribution in [0.3, 0.4) is 0 Å². The van der Waals surface area contributed by atoms with Crippen molar-refractivity contribution >= 4 is 5.91 Å². The van der Waals surface area contributed by atoms with E-state index in [4.69, 9.17) is 0 Å². The molecule has 5 heteroatoms. The Labute approximate surface area is 113 Å². The first-order valence-corrected chi connectivity index (χ1v) is 7.12. The van der Waals surface area contributed by atoms with Gasteiger partial charge >= 0.3 is 0 Å². The van der Waals surface area contributed by atoms with Crippen LogP contribution in [0, 0.1) is 5.92 Å². The molecule has 5 nitrogen and oxygen atoms in total. The van der Waals surface area contributed by atoms with Gasteiger partial charge in [-0.15, -0.1) is 0 Å². The molecule has 0 radical (unpaired) electrons. The van der Waals surface area contributed by atoms with Gasteiger partial charge in [0, 0.05) is 31.5 Å². The molecule has 2 fully saturated rings. The number of aromatic nitrogens is 2. The third-order valence-corrected chi connectivity index (χ3v) is 4.24. The van der Waals surface area contributed by atoms with Gasteiger partial charge in [-0.05, 0) is 31.7 Å². The van der Waals surface area contributed by atoms with Gasteiger partial charge < -0.3 is 10.2 Å². The molecular formula is C14H20N4O. The predicted octanol–water partition coefficient (Wildman–Crippen LogP) is 1.08. The number of carbonyl (C=O) groups is 1. The Morgan fingerprint density at radius 3 is 2.95 bits per heavy atom. The Morgan fingerprint density at radius 2 is 2.11 bits per heavy atom. The molecule has 2 aliphatic heterocycles. The quantitative estimate of drug-likeness (QED) is 0.821. The second-order valence-corrected chi connectivity index (χ2v) is 5.48. The predicted molar refractivity (Wildman–Crippen MR) is 71.7 cm³/mol. The van der Waals surface area contributed by atoms with Crippen molar-refractivity contribution in [1.82, 2.24) is 20.2 Å². The van der Waals surface area contributed by atoms with Gasteiger partial charge in [-0.25, -0.2) is 9.97 Å².